The number of ether oxygens (including phenoxy) is 1. The molecule has 0 bridgehead atoms. The van der Waals surface area contributed by atoms with Crippen LogP contribution in [0.25, 0.3) is 0 Å². The molecule has 4 nitrogen and oxygen atoms in total. The third kappa shape index (κ3) is 6.70. The van der Waals surface area contributed by atoms with Crippen LogP contribution in [0.15, 0.2) is 46.8 Å². The second-order valence-corrected chi connectivity index (χ2v) is 6.53. The van der Waals surface area contributed by atoms with Crippen LogP contribution in [0, 0.1) is 0 Å². The predicted molar refractivity (Wildman–Crippen MR) is 98.8 cm³/mol. The Morgan fingerprint density at radius 1 is 1.32 bits per heavy atom. The van der Waals surface area contributed by atoms with Gasteiger partial charge in [0.05, 0.1) is 0 Å². The third-order valence-corrected chi connectivity index (χ3v) is 4.51. The summed E-state index contributed by atoms with van der Waals surface area (Å²) in [6, 6.07) is 11.3. The van der Waals surface area contributed by atoms with Crippen molar-refractivity contribution in [2.75, 3.05) is 27.2 Å². The minimum absolute atomic E-state index is 0.445. The first-order valence-corrected chi connectivity index (χ1v) is 8.90. The van der Waals surface area contributed by atoms with Crippen LogP contribution in [0.2, 0.25) is 0 Å². The summed E-state index contributed by atoms with van der Waals surface area (Å²) in [6.45, 7) is 0.809. The Morgan fingerprint density at radius 2 is 2.16 bits per heavy atom. The summed E-state index contributed by atoms with van der Waals surface area (Å²) in [5.74, 6) is 1.23. The van der Waals surface area contributed by atoms with E-state index in [1.54, 1.807) is 36.6 Å². The first kappa shape index (κ1) is 19.2. The fraction of sp³-hybridized carbons (Fsp3) is 0.389. The summed E-state index contributed by atoms with van der Waals surface area (Å²) in [5, 5.41) is 5.36. The smallest absolute Gasteiger partial charge is 0.272 e. The minimum Gasteiger partial charge on any atom is -0.488 e. The van der Waals surface area contributed by atoms with Gasteiger partial charge in [-0.3, -0.25) is 4.99 Å². The molecule has 136 valence electrons. The van der Waals surface area contributed by atoms with E-state index in [9.17, 15) is 8.78 Å². The van der Waals surface area contributed by atoms with E-state index in [-0.39, 0.29) is 0 Å². The Labute approximate surface area is 151 Å². The van der Waals surface area contributed by atoms with E-state index in [1.165, 1.54) is 4.88 Å². The van der Waals surface area contributed by atoms with E-state index in [2.05, 4.69) is 32.7 Å². The Balaban J connectivity index is 1.84. The third-order valence-electron chi connectivity index (χ3n) is 3.57. The number of hydrogen-bond donors (Lipinski definition) is 1. The molecule has 7 heteroatoms. The maximum atomic E-state index is 12.2. The Hall–Kier alpha value is -2.15. The number of nitrogens with zero attached hydrogens (tertiary/aromatic N) is 2. The van der Waals surface area contributed by atoms with Crippen LogP contribution in [0.3, 0.4) is 0 Å². The highest BCUT2D eigenvalue weighted by atomic mass is 32.1. The summed E-state index contributed by atoms with van der Waals surface area (Å²) < 4.78 is 29.5. The molecule has 0 aliphatic heterocycles. The zero-order valence-electron chi connectivity index (χ0n) is 14.4. The Kier molecular flexibility index (Phi) is 7.66. The summed E-state index contributed by atoms with van der Waals surface area (Å²) >= 11 is 1.75. The summed E-state index contributed by atoms with van der Waals surface area (Å²) in [7, 11) is 3.73. The Morgan fingerprint density at radius 3 is 2.84 bits per heavy atom. The molecule has 0 spiro atoms. The molecule has 0 aliphatic carbocycles. The highest BCUT2D eigenvalue weighted by Gasteiger charge is 2.07. The molecule has 1 N–H and O–H groups in total. The zero-order chi connectivity index (χ0) is 18.1. The predicted octanol–water partition coefficient (Wildman–Crippen LogP) is 3.64. The molecule has 25 heavy (non-hydrogen) atoms. The maximum Gasteiger partial charge on any atom is 0.272 e. The number of benzene rings is 1. The number of aliphatic imine (C=N–C) groups is 1. The standard InChI is InChI=1S/C18H23F2N3OS/c1-21-18(23(2)9-8-16-7-4-10-25-16)22-12-14-5-3-6-15(11-14)24-13-17(19)20/h3-7,10-11,17H,8-9,12-13H2,1-2H3,(H,21,22). The van der Waals surface area contributed by atoms with Gasteiger partial charge >= 0.3 is 0 Å². The van der Waals surface area contributed by atoms with Crippen molar-refractivity contribution in [3.05, 3.63) is 52.2 Å². The van der Waals surface area contributed by atoms with E-state index in [0.717, 1.165) is 24.5 Å². The maximum absolute atomic E-state index is 12.2. The number of rotatable bonds is 8. The lowest BCUT2D eigenvalue weighted by Gasteiger charge is -2.22. The van der Waals surface area contributed by atoms with Crippen LogP contribution < -0.4 is 10.1 Å². The van der Waals surface area contributed by atoms with Gasteiger partial charge in [0.2, 0.25) is 0 Å². The molecule has 0 aliphatic rings. The first-order valence-electron chi connectivity index (χ1n) is 8.02. The molecule has 0 atom stereocenters. The van der Waals surface area contributed by atoms with Gasteiger partial charge in [0.25, 0.3) is 6.43 Å². The van der Waals surface area contributed by atoms with Crippen molar-refractivity contribution in [3.8, 4) is 5.75 Å². The molecule has 0 saturated heterocycles. The highest BCUT2D eigenvalue weighted by molar-refractivity contribution is 7.09. The number of alkyl halides is 2. The molecule has 0 radical (unpaired) electrons. The van der Waals surface area contributed by atoms with E-state index in [0.29, 0.717) is 12.3 Å². The van der Waals surface area contributed by atoms with Gasteiger partial charge in [-0.15, -0.1) is 11.3 Å². The number of hydrogen-bond acceptors (Lipinski definition) is 3. The van der Waals surface area contributed by atoms with Crippen molar-refractivity contribution in [2.45, 2.75) is 19.4 Å². The van der Waals surface area contributed by atoms with Crippen molar-refractivity contribution < 1.29 is 13.5 Å². The molecular formula is C18H23F2N3OS. The van der Waals surface area contributed by atoms with Gasteiger partial charge < -0.3 is 15.0 Å². The van der Waals surface area contributed by atoms with Gasteiger partial charge in [-0.1, -0.05) is 18.2 Å². The van der Waals surface area contributed by atoms with Crippen molar-refractivity contribution in [1.82, 2.24) is 10.2 Å². The van der Waals surface area contributed by atoms with E-state index in [1.807, 2.05) is 13.1 Å². The fourth-order valence-corrected chi connectivity index (χ4v) is 3.01. The van der Waals surface area contributed by atoms with Crippen molar-refractivity contribution in [2.24, 2.45) is 4.99 Å². The largest absolute Gasteiger partial charge is 0.488 e. The van der Waals surface area contributed by atoms with Gasteiger partial charge in [-0.05, 0) is 35.6 Å². The summed E-state index contributed by atoms with van der Waals surface area (Å²) in [5.41, 5.74) is 0.944. The minimum atomic E-state index is -2.47. The summed E-state index contributed by atoms with van der Waals surface area (Å²) in [4.78, 5) is 7.69. The van der Waals surface area contributed by atoms with Crippen LogP contribution in [-0.4, -0.2) is 44.5 Å². The van der Waals surface area contributed by atoms with Crippen molar-refractivity contribution in [1.29, 1.82) is 0 Å². The Bertz CT molecular complexity index is 662. The average Bonchev–Trinajstić information content (AvgIpc) is 3.12. The zero-order valence-corrected chi connectivity index (χ0v) is 15.2. The molecule has 0 fully saturated rings. The first-order chi connectivity index (χ1) is 12.1. The van der Waals surface area contributed by atoms with E-state index >= 15 is 0 Å². The number of likely N-dealkylation sites (N-methyl/N-ethyl adjacent to an activating group) is 1. The van der Waals surface area contributed by atoms with Gasteiger partial charge in [-0.25, -0.2) is 8.78 Å². The van der Waals surface area contributed by atoms with Crippen LogP contribution in [0.5, 0.6) is 5.75 Å². The quantitative estimate of drug-likeness (QED) is 0.572. The molecule has 0 unspecified atom stereocenters. The lowest BCUT2D eigenvalue weighted by atomic mass is 10.2. The summed E-state index contributed by atoms with van der Waals surface area (Å²) in [6.07, 6.45) is -1.51. The molecule has 1 heterocycles. The van der Waals surface area contributed by atoms with Crippen LogP contribution >= 0.6 is 11.3 Å². The molecule has 0 saturated carbocycles. The molecular weight excluding hydrogens is 344 g/mol. The molecule has 0 amide bonds. The normalized spacial score (nSPS) is 11.6. The van der Waals surface area contributed by atoms with Gasteiger partial charge in [0, 0.05) is 32.1 Å². The van der Waals surface area contributed by atoms with E-state index in [4.69, 9.17) is 4.74 Å². The average molecular weight is 367 g/mol. The monoisotopic (exact) mass is 367 g/mol. The number of nitrogens with one attached hydrogen (secondary N) is 1. The van der Waals surface area contributed by atoms with E-state index < -0.39 is 13.0 Å². The second kappa shape index (κ2) is 9.98. The number of thiophene rings is 1. The SMILES string of the molecule is CN=C(NCc1cccc(OCC(F)F)c1)N(C)CCc1cccs1. The van der Waals surface area contributed by atoms with Gasteiger partial charge in [0.15, 0.2) is 5.96 Å². The second-order valence-electron chi connectivity index (χ2n) is 5.50. The molecule has 1 aromatic carbocycles. The molecule has 1 aromatic heterocycles. The molecule has 2 rings (SSSR count). The highest BCUT2D eigenvalue weighted by Crippen LogP contribution is 2.14. The lowest BCUT2D eigenvalue weighted by Crippen LogP contribution is -2.39. The van der Waals surface area contributed by atoms with Crippen molar-refractivity contribution >= 4 is 17.3 Å². The lowest BCUT2D eigenvalue weighted by molar-refractivity contribution is 0.0818. The number of halogens is 2. The van der Waals surface area contributed by atoms with Crippen LogP contribution in [0.1, 0.15) is 10.4 Å². The number of guanidine groups is 1. The van der Waals surface area contributed by atoms with Gasteiger partial charge in [0.1, 0.15) is 12.4 Å². The van der Waals surface area contributed by atoms with Crippen LogP contribution in [0.4, 0.5) is 8.78 Å². The van der Waals surface area contributed by atoms with Gasteiger partial charge in [-0.2, -0.15) is 0 Å². The fourth-order valence-electron chi connectivity index (χ4n) is 2.31. The topological polar surface area (TPSA) is 36.9 Å². The molecule has 2 aromatic rings. The van der Waals surface area contributed by atoms with Crippen molar-refractivity contribution in [3.63, 3.8) is 0 Å². The van der Waals surface area contributed by atoms with Crippen LogP contribution in [-0.2, 0) is 13.0 Å².